The zero-order valence-corrected chi connectivity index (χ0v) is 25.1. The van der Waals surface area contributed by atoms with E-state index in [1.54, 1.807) is 35.4 Å². The van der Waals surface area contributed by atoms with Gasteiger partial charge in [-0.2, -0.15) is 4.39 Å². The largest absolute Gasteiger partial charge is 0.481 e. The van der Waals surface area contributed by atoms with Crippen molar-refractivity contribution in [3.8, 4) is 22.4 Å². The Morgan fingerprint density at radius 2 is 1.95 bits per heavy atom. The molecular formula is C31H32ClFN4O5S. The summed E-state index contributed by atoms with van der Waals surface area (Å²) in [5.74, 6) is -1.28. The summed E-state index contributed by atoms with van der Waals surface area (Å²) in [6, 6.07) is 8.58. The normalized spacial score (nSPS) is 18.2. The number of carbonyl (C=O) groups excluding carboxylic acids is 2. The summed E-state index contributed by atoms with van der Waals surface area (Å²) in [6.07, 6.45) is 6.16. The molecule has 0 radical (unpaired) electrons. The van der Waals surface area contributed by atoms with Gasteiger partial charge in [0.05, 0.1) is 6.42 Å². The third-order valence-corrected chi connectivity index (χ3v) is 9.38. The summed E-state index contributed by atoms with van der Waals surface area (Å²) < 4.78 is 21.2. The van der Waals surface area contributed by atoms with Crippen LogP contribution >= 0.6 is 22.9 Å². The fourth-order valence-corrected chi connectivity index (χ4v) is 7.01. The first-order valence-corrected chi connectivity index (χ1v) is 15.8. The van der Waals surface area contributed by atoms with Gasteiger partial charge in [0.25, 0.3) is 0 Å². The van der Waals surface area contributed by atoms with E-state index >= 15 is 4.39 Å². The number of aromatic nitrogens is 2. The monoisotopic (exact) mass is 626 g/mol. The fourth-order valence-electron chi connectivity index (χ4n) is 5.95. The molecule has 2 aliphatic heterocycles. The number of anilines is 2. The van der Waals surface area contributed by atoms with Crippen molar-refractivity contribution in [1.82, 2.24) is 9.97 Å². The molecule has 3 aromatic rings. The minimum absolute atomic E-state index is 0.0395. The predicted molar refractivity (Wildman–Crippen MR) is 162 cm³/mol. The van der Waals surface area contributed by atoms with Crippen LogP contribution in [-0.2, 0) is 19.1 Å². The summed E-state index contributed by atoms with van der Waals surface area (Å²) >= 11 is 7.14. The smallest absolute Gasteiger partial charge is 0.304 e. The second kappa shape index (κ2) is 12.7. The van der Waals surface area contributed by atoms with E-state index < -0.39 is 17.0 Å². The highest BCUT2D eigenvalue weighted by Gasteiger charge is 2.40. The van der Waals surface area contributed by atoms with Crippen molar-refractivity contribution in [2.24, 2.45) is 11.8 Å². The number of nitrogens with zero attached hydrogens (tertiary/aromatic N) is 4. The zero-order chi connectivity index (χ0) is 30.1. The van der Waals surface area contributed by atoms with E-state index in [1.165, 1.54) is 4.90 Å². The van der Waals surface area contributed by atoms with Crippen LogP contribution in [0.1, 0.15) is 51.4 Å². The maximum atomic E-state index is 15.7. The number of thiazole rings is 1. The highest BCUT2D eigenvalue weighted by atomic mass is 35.5. The summed E-state index contributed by atoms with van der Waals surface area (Å²) in [5.41, 5.74) is 1.87. The van der Waals surface area contributed by atoms with Gasteiger partial charge in [0.15, 0.2) is 5.13 Å². The number of amides is 2. The molecule has 1 atom stereocenters. The third kappa shape index (κ3) is 6.58. The Morgan fingerprint density at radius 1 is 1.16 bits per heavy atom. The van der Waals surface area contributed by atoms with Gasteiger partial charge in [-0.05, 0) is 74.3 Å². The van der Waals surface area contributed by atoms with Crippen molar-refractivity contribution in [2.75, 3.05) is 29.6 Å². The summed E-state index contributed by atoms with van der Waals surface area (Å²) in [7, 11) is 0. The predicted octanol–water partition coefficient (Wildman–Crippen LogP) is 6.19. The first-order valence-electron chi connectivity index (χ1n) is 14.6. The summed E-state index contributed by atoms with van der Waals surface area (Å²) in [6.45, 7) is 1.83. The minimum Gasteiger partial charge on any atom is -0.481 e. The van der Waals surface area contributed by atoms with Crippen LogP contribution in [0.25, 0.3) is 22.4 Å². The molecule has 3 aliphatic rings. The minimum atomic E-state index is -1.04. The molecule has 43 heavy (non-hydrogen) atoms. The Balaban J connectivity index is 1.31. The Bertz CT molecular complexity index is 1520. The lowest BCUT2D eigenvalue weighted by Gasteiger charge is -2.29. The van der Waals surface area contributed by atoms with Gasteiger partial charge in [0, 0.05) is 60.5 Å². The molecular weight excluding hydrogens is 595 g/mol. The van der Waals surface area contributed by atoms with Crippen LogP contribution in [0.4, 0.5) is 15.3 Å². The van der Waals surface area contributed by atoms with Gasteiger partial charge in [-0.1, -0.05) is 29.0 Å². The number of pyridine rings is 1. The molecule has 1 N–H and O–H groups in total. The van der Waals surface area contributed by atoms with Gasteiger partial charge < -0.3 is 9.84 Å². The average molecular weight is 627 g/mol. The number of hydrogen-bond acceptors (Lipinski definition) is 7. The number of carboxylic acids is 1. The van der Waals surface area contributed by atoms with Crippen LogP contribution in [0.3, 0.4) is 0 Å². The van der Waals surface area contributed by atoms with Crippen molar-refractivity contribution in [3.63, 3.8) is 0 Å². The molecule has 9 nitrogen and oxygen atoms in total. The SMILES string of the molecule is O=C(O)CC(CC1CCOCC1)C(=O)N(c1nc(-c2cc(Cl)ccc2-c2ccc(N3CCCC3=O)nc2)c(F)s1)C1CC1. The highest BCUT2D eigenvalue weighted by Crippen LogP contribution is 2.42. The Kier molecular flexibility index (Phi) is 8.74. The maximum absolute atomic E-state index is 15.7. The van der Waals surface area contributed by atoms with Gasteiger partial charge in [-0.25, -0.2) is 9.97 Å². The topological polar surface area (TPSA) is 113 Å². The maximum Gasteiger partial charge on any atom is 0.304 e. The number of carbonyl (C=O) groups is 3. The van der Waals surface area contributed by atoms with Crippen LogP contribution in [0, 0.1) is 17.0 Å². The van der Waals surface area contributed by atoms with Crippen LogP contribution in [0.2, 0.25) is 5.02 Å². The molecule has 3 fully saturated rings. The van der Waals surface area contributed by atoms with Crippen molar-refractivity contribution in [2.45, 2.75) is 57.4 Å². The number of ether oxygens (including phenoxy) is 1. The second-order valence-electron chi connectivity index (χ2n) is 11.4. The van der Waals surface area contributed by atoms with Crippen LogP contribution in [0.5, 0.6) is 0 Å². The quantitative estimate of drug-likeness (QED) is 0.285. The van der Waals surface area contributed by atoms with Crippen molar-refractivity contribution in [3.05, 3.63) is 46.7 Å². The molecule has 2 aromatic heterocycles. The average Bonchev–Trinajstić information content (AvgIpc) is 3.62. The van der Waals surface area contributed by atoms with Crippen molar-refractivity contribution in [1.29, 1.82) is 0 Å². The van der Waals surface area contributed by atoms with Crippen LogP contribution in [0.15, 0.2) is 36.5 Å². The number of benzene rings is 1. The molecule has 1 aliphatic carbocycles. The Labute approximate surface area is 257 Å². The van der Waals surface area contributed by atoms with E-state index in [0.29, 0.717) is 60.1 Å². The van der Waals surface area contributed by atoms with E-state index in [9.17, 15) is 19.5 Å². The summed E-state index contributed by atoms with van der Waals surface area (Å²) in [5, 5.41) is 9.66. The number of carboxylic acid groups (broad SMARTS) is 1. The standard InChI is InChI=1S/C31H32ClFN4O5S/c32-21-4-7-23(19-3-8-25(34-17-19)36-11-1-2-26(36)38)24(16-21)28-29(33)43-31(35-28)37(22-5-6-22)30(41)20(15-27(39)40)14-18-9-12-42-13-10-18/h3-4,7-8,16-18,20,22H,1-2,5-6,9-15H2,(H,39,40). The highest BCUT2D eigenvalue weighted by molar-refractivity contribution is 7.14. The van der Waals surface area contributed by atoms with E-state index in [-0.39, 0.29) is 41.0 Å². The van der Waals surface area contributed by atoms with Gasteiger partial charge >= 0.3 is 5.97 Å². The third-order valence-electron chi connectivity index (χ3n) is 8.30. The number of rotatable bonds is 10. The molecule has 1 unspecified atom stereocenters. The first-order chi connectivity index (χ1) is 20.8. The lowest BCUT2D eigenvalue weighted by atomic mass is 9.86. The molecule has 6 rings (SSSR count). The molecule has 1 aromatic carbocycles. The molecule has 1 saturated carbocycles. The van der Waals surface area contributed by atoms with Crippen LogP contribution in [-0.4, -0.2) is 58.7 Å². The number of halogens is 2. The van der Waals surface area contributed by atoms with E-state index in [1.807, 2.05) is 6.07 Å². The molecule has 2 saturated heterocycles. The van der Waals surface area contributed by atoms with Gasteiger partial charge in [0.1, 0.15) is 11.5 Å². The van der Waals surface area contributed by atoms with Gasteiger partial charge in [-0.3, -0.25) is 24.2 Å². The lowest BCUT2D eigenvalue weighted by Crippen LogP contribution is -2.40. The van der Waals surface area contributed by atoms with Gasteiger partial charge in [0.2, 0.25) is 16.9 Å². The lowest BCUT2D eigenvalue weighted by molar-refractivity contribution is -0.141. The van der Waals surface area contributed by atoms with Crippen LogP contribution < -0.4 is 9.80 Å². The second-order valence-corrected chi connectivity index (χ2v) is 12.8. The van der Waals surface area contributed by atoms with Gasteiger partial charge in [-0.15, -0.1) is 0 Å². The summed E-state index contributed by atoms with van der Waals surface area (Å²) in [4.78, 5) is 50.1. The van der Waals surface area contributed by atoms with E-state index in [4.69, 9.17) is 16.3 Å². The fraction of sp³-hybridized carbons (Fsp3) is 0.452. The molecule has 2 amide bonds. The van der Waals surface area contributed by atoms with Crippen molar-refractivity contribution < 1.29 is 28.6 Å². The van der Waals surface area contributed by atoms with Crippen molar-refractivity contribution >= 4 is 51.7 Å². The molecule has 12 heteroatoms. The zero-order valence-electron chi connectivity index (χ0n) is 23.5. The molecule has 226 valence electrons. The Morgan fingerprint density at radius 3 is 2.60 bits per heavy atom. The number of aliphatic carboxylic acids is 1. The van der Waals surface area contributed by atoms with E-state index in [2.05, 4.69) is 9.97 Å². The molecule has 0 spiro atoms. The molecule has 4 heterocycles. The first kappa shape index (κ1) is 29.7. The van der Waals surface area contributed by atoms with E-state index in [0.717, 1.165) is 43.4 Å². The Hall–Kier alpha value is -3.41. The number of hydrogen-bond donors (Lipinski definition) is 1. The molecule has 0 bridgehead atoms.